The molecule has 0 fully saturated rings. The molecule has 1 atom stereocenters. The molecule has 1 heterocycles. The average Bonchev–Trinajstić information content (AvgIpc) is 2.87. The zero-order valence-corrected chi connectivity index (χ0v) is 11.2. The van der Waals surface area contributed by atoms with Crippen molar-refractivity contribution in [3.8, 4) is 0 Å². The standard InChI is InChI=1S/C13H22N4O/c1-4-7-14-13(18)12(2)16(3)9-6-11-17-10-5-8-15-17/h4-5,8,10,12H,1,6-7,9,11H2,2-3H3,(H,14,18)/t12-/m0/s1. The van der Waals surface area contributed by atoms with E-state index >= 15 is 0 Å². The van der Waals surface area contributed by atoms with Crippen LogP contribution in [0, 0.1) is 0 Å². The van der Waals surface area contributed by atoms with Gasteiger partial charge in [0.05, 0.1) is 6.04 Å². The molecule has 0 aromatic carbocycles. The SMILES string of the molecule is C=CCNC(=O)[C@H](C)N(C)CCCn1cccn1. The van der Waals surface area contributed by atoms with E-state index in [-0.39, 0.29) is 11.9 Å². The molecule has 0 aliphatic rings. The number of aryl methyl sites for hydroxylation is 1. The Kier molecular flexibility index (Phi) is 6.14. The molecule has 5 nitrogen and oxygen atoms in total. The maximum atomic E-state index is 11.7. The quantitative estimate of drug-likeness (QED) is 0.697. The van der Waals surface area contributed by atoms with Crippen molar-refractivity contribution < 1.29 is 4.79 Å². The summed E-state index contributed by atoms with van der Waals surface area (Å²) in [5, 5.41) is 6.94. The normalized spacial score (nSPS) is 12.4. The van der Waals surface area contributed by atoms with Gasteiger partial charge < -0.3 is 5.32 Å². The second kappa shape index (κ2) is 7.66. The number of aromatic nitrogens is 2. The summed E-state index contributed by atoms with van der Waals surface area (Å²) in [5.74, 6) is 0.0384. The van der Waals surface area contributed by atoms with E-state index in [0.29, 0.717) is 6.54 Å². The van der Waals surface area contributed by atoms with Crippen molar-refractivity contribution in [1.82, 2.24) is 20.0 Å². The predicted octanol–water partition coefficient (Wildman–Crippen LogP) is 0.896. The molecule has 0 spiro atoms. The summed E-state index contributed by atoms with van der Waals surface area (Å²) in [6, 6.07) is 1.79. The minimum atomic E-state index is -0.123. The molecule has 1 aromatic heterocycles. The van der Waals surface area contributed by atoms with Crippen molar-refractivity contribution in [3.63, 3.8) is 0 Å². The number of carbonyl (C=O) groups excluding carboxylic acids is 1. The maximum absolute atomic E-state index is 11.7. The highest BCUT2D eigenvalue weighted by atomic mass is 16.2. The lowest BCUT2D eigenvalue weighted by Gasteiger charge is -2.23. The first-order chi connectivity index (χ1) is 8.65. The number of rotatable bonds is 8. The molecule has 1 rings (SSSR count). The lowest BCUT2D eigenvalue weighted by Crippen LogP contribution is -2.43. The smallest absolute Gasteiger partial charge is 0.237 e. The number of carbonyl (C=O) groups is 1. The van der Waals surface area contributed by atoms with E-state index in [1.165, 1.54) is 0 Å². The van der Waals surface area contributed by atoms with Crippen LogP contribution in [0.1, 0.15) is 13.3 Å². The molecular weight excluding hydrogens is 228 g/mol. The largest absolute Gasteiger partial charge is 0.351 e. The average molecular weight is 250 g/mol. The van der Waals surface area contributed by atoms with Crippen molar-refractivity contribution >= 4 is 5.91 Å². The number of amides is 1. The Morgan fingerprint density at radius 2 is 2.44 bits per heavy atom. The molecule has 5 heteroatoms. The number of hydrogen-bond donors (Lipinski definition) is 1. The first-order valence-corrected chi connectivity index (χ1v) is 6.21. The molecule has 0 aliphatic heterocycles. The molecule has 18 heavy (non-hydrogen) atoms. The lowest BCUT2D eigenvalue weighted by atomic mass is 10.2. The summed E-state index contributed by atoms with van der Waals surface area (Å²) in [4.78, 5) is 13.8. The van der Waals surface area contributed by atoms with E-state index in [4.69, 9.17) is 0 Å². The third-order valence-electron chi connectivity index (χ3n) is 2.92. The summed E-state index contributed by atoms with van der Waals surface area (Å²) in [7, 11) is 1.96. The lowest BCUT2D eigenvalue weighted by molar-refractivity contribution is -0.125. The summed E-state index contributed by atoms with van der Waals surface area (Å²) in [5.41, 5.74) is 0. The Balaban J connectivity index is 2.24. The molecular formula is C13H22N4O. The molecule has 0 aliphatic carbocycles. The second-order valence-corrected chi connectivity index (χ2v) is 4.31. The van der Waals surface area contributed by atoms with Gasteiger partial charge in [0.15, 0.2) is 0 Å². The third kappa shape index (κ3) is 4.71. The zero-order valence-electron chi connectivity index (χ0n) is 11.2. The van der Waals surface area contributed by atoms with E-state index in [2.05, 4.69) is 17.0 Å². The van der Waals surface area contributed by atoms with E-state index in [1.807, 2.05) is 35.8 Å². The fraction of sp³-hybridized carbons (Fsp3) is 0.538. The Labute approximate surface area is 108 Å². The molecule has 0 saturated carbocycles. The number of likely N-dealkylation sites (N-methyl/N-ethyl adjacent to an activating group) is 1. The van der Waals surface area contributed by atoms with Crippen molar-refractivity contribution in [2.24, 2.45) is 0 Å². The van der Waals surface area contributed by atoms with Gasteiger partial charge in [-0.15, -0.1) is 6.58 Å². The van der Waals surface area contributed by atoms with Crippen LogP contribution < -0.4 is 5.32 Å². The van der Waals surface area contributed by atoms with E-state index < -0.39 is 0 Å². The molecule has 1 aromatic rings. The summed E-state index contributed by atoms with van der Waals surface area (Å²) in [6.07, 6.45) is 6.37. The van der Waals surface area contributed by atoms with Gasteiger partial charge in [-0.25, -0.2) is 0 Å². The van der Waals surface area contributed by atoms with E-state index in [0.717, 1.165) is 19.5 Å². The van der Waals surface area contributed by atoms with Gasteiger partial charge in [0.2, 0.25) is 5.91 Å². The Morgan fingerprint density at radius 1 is 1.67 bits per heavy atom. The van der Waals surface area contributed by atoms with Crippen molar-refractivity contribution in [1.29, 1.82) is 0 Å². The molecule has 0 radical (unpaired) electrons. The number of hydrogen-bond acceptors (Lipinski definition) is 3. The molecule has 1 N–H and O–H groups in total. The molecule has 1 amide bonds. The van der Waals surface area contributed by atoms with Crippen LogP contribution in [0.3, 0.4) is 0 Å². The van der Waals surface area contributed by atoms with Crippen molar-refractivity contribution in [3.05, 3.63) is 31.1 Å². The predicted molar refractivity (Wildman–Crippen MR) is 72.1 cm³/mol. The van der Waals surface area contributed by atoms with Crippen LogP contribution in [-0.2, 0) is 11.3 Å². The first-order valence-electron chi connectivity index (χ1n) is 6.21. The van der Waals surface area contributed by atoms with Gasteiger partial charge in [-0.05, 0) is 26.5 Å². The van der Waals surface area contributed by atoms with Crippen molar-refractivity contribution in [2.45, 2.75) is 25.9 Å². The van der Waals surface area contributed by atoms with Gasteiger partial charge >= 0.3 is 0 Å². The van der Waals surface area contributed by atoms with Gasteiger partial charge in [-0.1, -0.05) is 6.08 Å². The molecule has 100 valence electrons. The summed E-state index contributed by atoms with van der Waals surface area (Å²) >= 11 is 0. The highest BCUT2D eigenvalue weighted by Gasteiger charge is 2.16. The van der Waals surface area contributed by atoms with E-state index in [1.54, 1.807) is 12.3 Å². The number of nitrogens with zero attached hydrogens (tertiary/aromatic N) is 3. The van der Waals surface area contributed by atoms with Gasteiger partial charge in [-0.2, -0.15) is 5.10 Å². The Morgan fingerprint density at radius 3 is 3.06 bits per heavy atom. The van der Waals surface area contributed by atoms with Crippen LogP contribution in [0.5, 0.6) is 0 Å². The third-order valence-corrected chi connectivity index (χ3v) is 2.92. The monoisotopic (exact) mass is 250 g/mol. The summed E-state index contributed by atoms with van der Waals surface area (Å²) in [6.45, 7) is 7.74. The van der Waals surface area contributed by atoms with Crippen LogP contribution in [0.2, 0.25) is 0 Å². The van der Waals surface area contributed by atoms with Crippen molar-refractivity contribution in [2.75, 3.05) is 20.1 Å². The minimum absolute atomic E-state index is 0.0384. The zero-order chi connectivity index (χ0) is 13.4. The molecule has 0 saturated heterocycles. The Bertz CT molecular complexity index is 361. The highest BCUT2D eigenvalue weighted by molar-refractivity contribution is 5.81. The van der Waals surface area contributed by atoms with Gasteiger partial charge in [0.1, 0.15) is 0 Å². The minimum Gasteiger partial charge on any atom is -0.351 e. The fourth-order valence-corrected chi connectivity index (χ4v) is 1.63. The maximum Gasteiger partial charge on any atom is 0.237 e. The number of nitrogens with one attached hydrogen (secondary N) is 1. The van der Waals surface area contributed by atoms with Gasteiger partial charge in [-0.3, -0.25) is 14.4 Å². The summed E-state index contributed by atoms with van der Waals surface area (Å²) < 4.78 is 1.90. The van der Waals surface area contributed by atoms with Crippen LogP contribution in [0.25, 0.3) is 0 Å². The molecule has 0 bridgehead atoms. The highest BCUT2D eigenvalue weighted by Crippen LogP contribution is 1.99. The van der Waals surface area contributed by atoms with E-state index in [9.17, 15) is 4.79 Å². The molecule has 0 unspecified atom stereocenters. The van der Waals surface area contributed by atoms with Crippen LogP contribution in [0.15, 0.2) is 31.1 Å². The topological polar surface area (TPSA) is 50.2 Å². The second-order valence-electron chi connectivity index (χ2n) is 4.31. The first kappa shape index (κ1) is 14.4. The fourth-order valence-electron chi connectivity index (χ4n) is 1.63. The van der Waals surface area contributed by atoms with Crippen LogP contribution >= 0.6 is 0 Å². The van der Waals surface area contributed by atoms with Crippen LogP contribution in [-0.4, -0.2) is 46.8 Å². The van der Waals surface area contributed by atoms with Crippen LogP contribution in [0.4, 0.5) is 0 Å². The van der Waals surface area contributed by atoms with Gasteiger partial charge in [0.25, 0.3) is 0 Å². The van der Waals surface area contributed by atoms with Gasteiger partial charge in [0, 0.05) is 32.0 Å². The Hall–Kier alpha value is -1.62.